The zero-order valence-electron chi connectivity index (χ0n) is 30.0. The van der Waals surface area contributed by atoms with Gasteiger partial charge in [-0.05, 0) is 11.1 Å². The van der Waals surface area contributed by atoms with Crippen LogP contribution in [0.4, 0.5) is 0 Å². The van der Waals surface area contributed by atoms with Gasteiger partial charge < -0.3 is 0 Å². The monoisotopic (exact) mass is 778 g/mol. The Kier molecular flexibility index (Phi) is 6.83. The van der Waals surface area contributed by atoms with Crippen LogP contribution in [0.2, 0.25) is 0 Å². The molecular formula is C51H30N4Se. The maximum absolute atomic E-state index is 5.36. The third-order valence-corrected chi connectivity index (χ3v) is 14.0. The van der Waals surface area contributed by atoms with Crippen molar-refractivity contribution in [3.05, 3.63) is 204 Å². The van der Waals surface area contributed by atoms with E-state index in [-0.39, 0.29) is 14.5 Å². The number of aromatic nitrogens is 4. The minimum atomic E-state index is -0.459. The van der Waals surface area contributed by atoms with Crippen molar-refractivity contribution in [3.63, 3.8) is 0 Å². The molecule has 12 rings (SSSR count). The van der Waals surface area contributed by atoms with Crippen LogP contribution in [-0.2, 0) is 5.41 Å². The summed E-state index contributed by atoms with van der Waals surface area (Å²) in [5.74, 6) is 1.92. The zero-order valence-corrected chi connectivity index (χ0v) is 31.7. The topological polar surface area (TPSA) is 51.6 Å². The van der Waals surface area contributed by atoms with Crippen LogP contribution >= 0.6 is 0 Å². The summed E-state index contributed by atoms with van der Waals surface area (Å²) >= 11 is 0.0731. The average Bonchev–Trinajstić information content (AvgIpc) is 3.94. The van der Waals surface area contributed by atoms with Gasteiger partial charge in [-0.1, -0.05) is 72.8 Å². The number of rotatable bonds is 4. The predicted molar refractivity (Wildman–Crippen MR) is 228 cm³/mol. The van der Waals surface area contributed by atoms with Crippen molar-refractivity contribution in [3.8, 4) is 66.5 Å². The van der Waals surface area contributed by atoms with Gasteiger partial charge in [-0.2, -0.15) is 0 Å². The van der Waals surface area contributed by atoms with Crippen molar-refractivity contribution in [2.75, 3.05) is 0 Å². The first-order chi connectivity index (χ1) is 27.8. The number of nitrogens with zero attached hydrogens (tertiary/aromatic N) is 4. The fraction of sp³-hybridized carbons (Fsp3) is 0.0196. The summed E-state index contributed by atoms with van der Waals surface area (Å²) in [5.41, 5.74) is 14.8. The Balaban J connectivity index is 1.11. The molecule has 2 aliphatic rings. The summed E-state index contributed by atoms with van der Waals surface area (Å²) < 4.78 is 2.44. The molecule has 2 aliphatic carbocycles. The van der Waals surface area contributed by atoms with Gasteiger partial charge in [0.15, 0.2) is 0 Å². The molecule has 0 atom stereocenters. The van der Waals surface area contributed by atoms with Crippen LogP contribution in [-0.4, -0.2) is 34.4 Å². The molecule has 5 heteroatoms. The van der Waals surface area contributed by atoms with E-state index in [0.29, 0.717) is 17.5 Å². The van der Waals surface area contributed by atoms with Crippen LogP contribution in [0, 0.1) is 0 Å². The van der Waals surface area contributed by atoms with Crippen LogP contribution in [0.25, 0.3) is 87.1 Å². The van der Waals surface area contributed by atoms with Crippen LogP contribution in [0.1, 0.15) is 22.3 Å². The Labute approximate surface area is 329 Å². The molecule has 0 N–H and O–H groups in total. The number of hydrogen-bond acceptors (Lipinski definition) is 4. The molecule has 10 aromatic rings. The van der Waals surface area contributed by atoms with Gasteiger partial charge in [0.25, 0.3) is 0 Å². The second-order valence-corrected chi connectivity index (χ2v) is 16.6. The minimum absolute atomic E-state index is 0.0731. The second-order valence-electron chi connectivity index (χ2n) is 14.5. The number of benzene rings is 8. The van der Waals surface area contributed by atoms with Crippen molar-refractivity contribution in [2.45, 2.75) is 5.41 Å². The summed E-state index contributed by atoms with van der Waals surface area (Å²) in [4.78, 5) is 21.1. The Morgan fingerprint density at radius 2 is 0.839 bits per heavy atom. The normalized spacial score (nSPS) is 13.1. The second kappa shape index (κ2) is 12.1. The third-order valence-electron chi connectivity index (χ3n) is 11.6. The molecule has 0 unspecified atom stereocenters. The van der Waals surface area contributed by atoms with Crippen LogP contribution in [0.15, 0.2) is 182 Å². The number of hydrogen-bond donors (Lipinski definition) is 0. The average molecular weight is 778 g/mol. The van der Waals surface area contributed by atoms with E-state index in [9.17, 15) is 0 Å². The first kappa shape index (κ1) is 31.6. The van der Waals surface area contributed by atoms with E-state index in [1.54, 1.807) is 0 Å². The number of fused-ring (bicyclic) bond motifs is 13. The van der Waals surface area contributed by atoms with E-state index < -0.39 is 5.41 Å². The Morgan fingerprint density at radius 3 is 1.48 bits per heavy atom. The predicted octanol–water partition coefficient (Wildman–Crippen LogP) is 11.6. The molecule has 0 saturated heterocycles. The molecule has 0 amide bonds. The zero-order chi connectivity index (χ0) is 36.8. The first-order valence-corrected chi connectivity index (χ1v) is 20.6. The van der Waals surface area contributed by atoms with E-state index in [4.69, 9.17) is 19.9 Å². The molecule has 56 heavy (non-hydrogen) atoms. The molecule has 0 bridgehead atoms. The molecule has 0 fully saturated rings. The van der Waals surface area contributed by atoms with Gasteiger partial charge in [0.05, 0.1) is 0 Å². The summed E-state index contributed by atoms with van der Waals surface area (Å²) in [7, 11) is 0. The molecule has 1 spiro atoms. The van der Waals surface area contributed by atoms with Crippen molar-refractivity contribution < 1.29 is 0 Å². The van der Waals surface area contributed by atoms with Gasteiger partial charge in [-0.3, -0.25) is 0 Å². The van der Waals surface area contributed by atoms with Crippen LogP contribution < -0.4 is 0 Å². The Bertz CT molecular complexity index is 3140. The molecule has 0 radical (unpaired) electrons. The summed E-state index contributed by atoms with van der Waals surface area (Å²) in [5, 5.41) is 2.32. The van der Waals surface area contributed by atoms with E-state index in [0.717, 1.165) is 32.2 Å². The Hall–Kier alpha value is -6.78. The summed E-state index contributed by atoms with van der Waals surface area (Å²) in [6.45, 7) is 0. The van der Waals surface area contributed by atoms with Crippen molar-refractivity contribution in [1.82, 2.24) is 19.9 Å². The maximum atomic E-state index is 5.36. The third kappa shape index (κ3) is 4.47. The molecule has 2 heterocycles. The summed E-state index contributed by atoms with van der Waals surface area (Å²) in [6.07, 6.45) is 0. The van der Waals surface area contributed by atoms with Crippen LogP contribution in [0.5, 0.6) is 0 Å². The van der Waals surface area contributed by atoms with E-state index in [1.807, 2.05) is 18.2 Å². The quantitative estimate of drug-likeness (QED) is 0.167. The molecule has 8 aromatic carbocycles. The molecular weight excluding hydrogens is 748 g/mol. The van der Waals surface area contributed by atoms with Gasteiger partial charge in [-0.15, -0.1) is 0 Å². The fourth-order valence-corrected chi connectivity index (χ4v) is 11.5. The van der Waals surface area contributed by atoms with Gasteiger partial charge in [-0.25, -0.2) is 0 Å². The molecule has 260 valence electrons. The molecule has 0 aliphatic heterocycles. The van der Waals surface area contributed by atoms with Gasteiger partial charge in [0.2, 0.25) is 0 Å². The Morgan fingerprint density at radius 1 is 0.339 bits per heavy atom. The summed E-state index contributed by atoms with van der Waals surface area (Å²) in [6, 6.07) is 65.2. The van der Waals surface area contributed by atoms with Gasteiger partial charge in [0, 0.05) is 0 Å². The molecule has 4 nitrogen and oxygen atoms in total. The van der Waals surface area contributed by atoms with Crippen molar-refractivity contribution in [2.24, 2.45) is 0 Å². The van der Waals surface area contributed by atoms with Crippen molar-refractivity contribution >= 4 is 35.1 Å². The van der Waals surface area contributed by atoms with Gasteiger partial charge in [0.1, 0.15) is 0 Å². The first-order valence-electron chi connectivity index (χ1n) is 18.9. The molecule has 0 saturated carbocycles. The van der Waals surface area contributed by atoms with Crippen LogP contribution in [0.3, 0.4) is 0 Å². The van der Waals surface area contributed by atoms with E-state index in [2.05, 4.69) is 164 Å². The SMILES string of the molecule is c1ccc(-c2nc(-c3ccc4c(c3)C3(c5ccccc5-c5ccccc53)c3ccccc3-4)nc(-c3cc4nc(-c5ccccc5)[se]c4c4ccccc34)n2)cc1. The fourth-order valence-electron chi connectivity index (χ4n) is 9.22. The molecule has 2 aromatic heterocycles. The van der Waals surface area contributed by atoms with Gasteiger partial charge >= 0.3 is 247 Å². The van der Waals surface area contributed by atoms with Crippen molar-refractivity contribution in [1.29, 1.82) is 0 Å². The standard InChI is InChI=1S/C51H30N4Se/c1-3-15-31(16-4-1)47-53-48(55-49(54-47)40-30-45-46(39-23-8-7-19-34(39)40)56-50(52-45)32-17-5-2-6-18-32)33-27-28-38-37-22-11-14-26-43(37)51(44(38)29-33)41-24-12-9-20-35(41)36-21-10-13-25-42(36)51/h1-30H. The van der Waals surface area contributed by atoms with E-state index >= 15 is 0 Å². The van der Waals surface area contributed by atoms with E-state index in [1.165, 1.54) is 59.7 Å².